The average Bonchev–Trinajstić information content (AvgIpc) is 3.40. The van der Waals surface area contributed by atoms with Crippen molar-refractivity contribution in [1.82, 2.24) is 24.5 Å². The molecule has 138 valence electrons. The van der Waals surface area contributed by atoms with Crippen LogP contribution in [0.3, 0.4) is 0 Å². The van der Waals surface area contributed by atoms with Crippen LogP contribution in [0.5, 0.6) is 0 Å². The smallest absolute Gasteiger partial charge is 0.307 e. The van der Waals surface area contributed by atoms with Gasteiger partial charge < -0.3 is 9.40 Å². The third kappa shape index (κ3) is 3.95. The maximum atomic E-state index is 6.12. The van der Waals surface area contributed by atoms with Crippen LogP contribution >= 0.6 is 11.6 Å². The van der Waals surface area contributed by atoms with Crippen LogP contribution in [0.15, 0.2) is 53.5 Å². The summed E-state index contributed by atoms with van der Waals surface area (Å²) in [6.45, 7) is 1.93. The Bertz CT molecular complexity index is 1000. The Morgan fingerprint density at radius 3 is 2.59 bits per heavy atom. The minimum absolute atomic E-state index is 0.538. The van der Waals surface area contributed by atoms with Crippen LogP contribution in [-0.4, -0.2) is 24.5 Å². The standard InChI is InChI=1S/C20H20ClN5O/c1-14-22-12-13-26(14)20-25-19(15-6-8-16(21)9-7-15)17(27-20)4-2-3-5-18-23-10-11-24-18/h6-13H,2-5H2,1H3,(H,23,24). The van der Waals surface area contributed by atoms with Gasteiger partial charge in [-0.2, -0.15) is 4.98 Å². The summed E-state index contributed by atoms with van der Waals surface area (Å²) < 4.78 is 7.97. The Hall–Kier alpha value is -2.86. The summed E-state index contributed by atoms with van der Waals surface area (Å²) in [5.74, 6) is 2.73. The molecule has 0 saturated heterocycles. The van der Waals surface area contributed by atoms with E-state index in [1.54, 1.807) is 12.4 Å². The molecule has 0 unspecified atom stereocenters. The molecular formula is C20H20ClN5O. The minimum Gasteiger partial charge on any atom is -0.427 e. The first kappa shape index (κ1) is 17.5. The highest BCUT2D eigenvalue weighted by molar-refractivity contribution is 6.30. The van der Waals surface area contributed by atoms with Crippen molar-refractivity contribution in [2.24, 2.45) is 0 Å². The Kier molecular flexibility index (Phi) is 5.07. The Morgan fingerprint density at radius 1 is 1.07 bits per heavy atom. The van der Waals surface area contributed by atoms with Crippen LogP contribution in [0.2, 0.25) is 5.02 Å². The average molecular weight is 382 g/mol. The van der Waals surface area contributed by atoms with Gasteiger partial charge in [-0.3, -0.25) is 4.57 Å². The molecule has 1 N–H and O–H groups in total. The van der Waals surface area contributed by atoms with E-state index in [4.69, 9.17) is 21.0 Å². The van der Waals surface area contributed by atoms with Crippen molar-refractivity contribution in [2.75, 3.05) is 0 Å². The van der Waals surface area contributed by atoms with Gasteiger partial charge in [0.15, 0.2) is 0 Å². The normalized spacial score (nSPS) is 11.2. The number of aryl methyl sites for hydroxylation is 3. The highest BCUT2D eigenvalue weighted by Gasteiger charge is 2.17. The molecule has 6 nitrogen and oxygen atoms in total. The van der Waals surface area contributed by atoms with Gasteiger partial charge in [-0.25, -0.2) is 9.97 Å². The molecule has 0 atom stereocenters. The van der Waals surface area contributed by atoms with E-state index in [0.29, 0.717) is 11.0 Å². The van der Waals surface area contributed by atoms with E-state index >= 15 is 0 Å². The SMILES string of the molecule is Cc1nccn1-c1nc(-c2ccc(Cl)cc2)c(CCCCc2ncc[nH]2)o1. The van der Waals surface area contributed by atoms with Crippen molar-refractivity contribution in [3.63, 3.8) is 0 Å². The number of rotatable bonds is 7. The molecule has 3 aromatic heterocycles. The molecule has 0 spiro atoms. The molecule has 0 radical (unpaired) electrons. The molecule has 0 fully saturated rings. The summed E-state index contributed by atoms with van der Waals surface area (Å²) in [6, 6.07) is 8.22. The lowest BCUT2D eigenvalue weighted by Crippen LogP contribution is -1.95. The summed E-state index contributed by atoms with van der Waals surface area (Å²) in [4.78, 5) is 16.4. The number of unbranched alkanes of at least 4 members (excludes halogenated alkanes) is 1. The van der Waals surface area contributed by atoms with Gasteiger partial charge in [0, 0.05) is 48.2 Å². The fourth-order valence-electron chi connectivity index (χ4n) is 3.04. The summed E-state index contributed by atoms with van der Waals surface area (Å²) >= 11 is 6.03. The highest BCUT2D eigenvalue weighted by Crippen LogP contribution is 2.28. The van der Waals surface area contributed by atoms with Crippen LogP contribution in [0, 0.1) is 6.92 Å². The summed E-state index contributed by atoms with van der Waals surface area (Å²) in [5.41, 5.74) is 1.85. The second-order valence-corrected chi connectivity index (χ2v) is 6.80. The van der Waals surface area contributed by atoms with Gasteiger partial charge in [0.2, 0.25) is 0 Å². The van der Waals surface area contributed by atoms with E-state index < -0.39 is 0 Å². The quantitative estimate of drug-likeness (QED) is 0.467. The second-order valence-electron chi connectivity index (χ2n) is 6.36. The molecule has 0 saturated carbocycles. The molecule has 0 amide bonds. The number of aromatic nitrogens is 5. The van der Waals surface area contributed by atoms with Gasteiger partial charge in [0.05, 0.1) is 0 Å². The number of hydrogen-bond acceptors (Lipinski definition) is 4. The maximum absolute atomic E-state index is 6.12. The first-order valence-corrected chi connectivity index (χ1v) is 9.33. The van der Waals surface area contributed by atoms with Crippen LogP contribution in [-0.2, 0) is 12.8 Å². The zero-order valence-electron chi connectivity index (χ0n) is 15.0. The van der Waals surface area contributed by atoms with Gasteiger partial charge >= 0.3 is 6.01 Å². The Morgan fingerprint density at radius 2 is 1.89 bits per heavy atom. The summed E-state index contributed by atoms with van der Waals surface area (Å²) in [6.07, 6.45) is 11.0. The predicted molar refractivity (Wildman–Crippen MR) is 104 cm³/mol. The van der Waals surface area contributed by atoms with Gasteiger partial charge in [0.25, 0.3) is 0 Å². The Labute approximate surface area is 162 Å². The van der Waals surface area contributed by atoms with E-state index in [1.165, 1.54) is 0 Å². The van der Waals surface area contributed by atoms with E-state index in [0.717, 1.165) is 54.3 Å². The number of oxazole rings is 1. The van der Waals surface area contributed by atoms with E-state index in [2.05, 4.69) is 15.0 Å². The molecular weight excluding hydrogens is 362 g/mol. The molecule has 4 aromatic rings. The minimum atomic E-state index is 0.538. The van der Waals surface area contributed by atoms with Gasteiger partial charge in [-0.05, 0) is 31.9 Å². The summed E-state index contributed by atoms with van der Waals surface area (Å²) in [7, 11) is 0. The van der Waals surface area contributed by atoms with Crippen molar-refractivity contribution in [1.29, 1.82) is 0 Å². The molecule has 4 rings (SSSR count). The number of benzene rings is 1. The first-order valence-electron chi connectivity index (χ1n) is 8.95. The number of nitrogens with one attached hydrogen (secondary N) is 1. The van der Waals surface area contributed by atoms with E-state index in [9.17, 15) is 0 Å². The van der Waals surface area contributed by atoms with Crippen molar-refractivity contribution >= 4 is 11.6 Å². The van der Waals surface area contributed by atoms with Crippen molar-refractivity contribution in [3.8, 4) is 17.3 Å². The highest BCUT2D eigenvalue weighted by atomic mass is 35.5. The van der Waals surface area contributed by atoms with Crippen molar-refractivity contribution < 1.29 is 4.42 Å². The second kappa shape index (κ2) is 7.80. The summed E-state index contributed by atoms with van der Waals surface area (Å²) in [5, 5.41) is 0.702. The maximum Gasteiger partial charge on any atom is 0.307 e. The number of nitrogens with zero attached hydrogens (tertiary/aromatic N) is 4. The fraction of sp³-hybridized carbons (Fsp3) is 0.250. The largest absolute Gasteiger partial charge is 0.427 e. The monoisotopic (exact) mass is 381 g/mol. The van der Waals surface area contributed by atoms with Crippen LogP contribution in [0.4, 0.5) is 0 Å². The number of H-pyrrole nitrogens is 1. The molecule has 0 bridgehead atoms. The molecule has 0 aliphatic carbocycles. The molecule has 0 aliphatic heterocycles. The van der Waals surface area contributed by atoms with Crippen LogP contribution in [0.25, 0.3) is 17.3 Å². The predicted octanol–water partition coefficient (Wildman–Crippen LogP) is 4.78. The van der Waals surface area contributed by atoms with Gasteiger partial charge in [-0.15, -0.1) is 0 Å². The zero-order chi connectivity index (χ0) is 18.6. The van der Waals surface area contributed by atoms with Crippen molar-refractivity contribution in [3.05, 3.63) is 71.5 Å². The van der Waals surface area contributed by atoms with E-state index in [-0.39, 0.29) is 0 Å². The first-order chi connectivity index (χ1) is 13.2. The number of aromatic amines is 1. The van der Waals surface area contributed by atoms with Crippen molar-refractivity contribution in [2.45, 2.75) is 32.6 Å². The molecule has 1 aromatic carbocycles. The molecule has 27 heavy (non-hydrogen) atoms. The fourth-order valence-corrected chi connectivity index (χ4v) is 3.16. The third-order valence-corrected chi connectivity index (χ3v) is 4.71. The van der Waals surface area contributed by atoms with Crippen LogP contribution in [0.1, 0.15) is 30.3 Å². The third-order valence-electron chi connectivity index (χ3n) is 4.46. The lowest BCUT2D eigenvalue weighted by Gasteiger charge is -2.02. The lowest BCUT2D eigenvalue weighted by molar-refractivity contribution is 0.471. The zero-order valence-corrected chi connectivity index (χ0v) is 15.8. The molecule has 3 heterocycles. The molecule has 0 aliphatic rings. The van der Waals surface area contributed by atoms with E-state index in [1.807, 2.05) is 48.1 Å². The van der Waals surface area contributed by atoms with Gasteiger partial charge in [-0.1, -0.05) is 23.7 Å². The number of hydrogen-bond donors (Lipinski definition) is 1. The Balaban J connectivity index is 1.57. The lowest BCUT2D eigenvalue weighted by atomic mass is 10.1. The van der Waals surface area contributed by atoms with Gasteiger partial charge in [0.1, 0.15) is 23.1 Å². The topological polar surface area (TPSA) is 72.5 Å². The molecule has 7 heteroatoms. The number of halogens is 1. The van der Waals surface area contributed by atoms with Crippen LogP contribution < -0.4 is 0 Å². The number of imidazole rings is 2.